The molecule has 3 aromatic heterocycles. The smallest absolute Gasteiger partial charge is 0.289 e. The Balaban J connectivity index is 1.21. The third kappa shape index (κ3) is 4.01. The summed E-state index contributed by atoms with van der Waals surface area (Å²) in [6, 6.07) is 19.3. The van der Waals surface area contributed by atoms with Crippen LogP contribution in [0.2, 0.25) is 0 Å². The van der Waals surface area contributed by atoms with Crippen molar-refractivity contribution >= 4 is 50.0 Å². The monoisotopic (exact) mass is 530 g/mol. The van der Waals surface area contributed by atoms with Gasteiger partial charge in [-0.15, -0.1) is 0 Å². The van der Waals surface area contributed by atoms with E-state index < -0.39 is 0 Å². The summed E-state index contributed by atoms with van der Waals surface area (Å²) < 4.78 is 8.38. The minimum Gasteiger partial charge on any atom is -0.451 e. The molecule has 8 nitrogen and oxygen atoms in total. The Hall–Kier alpha value is -3.85. The summed E-state index contributed by atoms with van der Waals surface area (Å²) in [6.45, 7) is 1.28. The Kier molecular flexibility index (Phi) is 5.41. The Labute approximate surface area is 209 Å². The van der Waals surface area contributed by atoms with Crippen molar-refractivity contribution in [1.29, 1.82) is 0 Å². The van der Waals surface area contributed by atoms with Crippen molar-refractivity contribution in [3.63, 3.8) is 0 Å². The van der Waals surface area contributed by atoms with Crippen LogP contribution in [0.15, 0.2) is 75.8 Å². The summed E-state index contributed by atoms with van der Waals surface area (Å²) in [4.78, 5) is 19.7. The highest BCUT2D eigenvalue weighted by molar-refractivity contribution is 9.10. The molecule has 9 heteroatoms. The fourth-order valence-corrected chi connectivity index (χ4v) is 4.93. The Morgan fingerprint density at radius 2 is 1.86 bits per heavy atom. The summed E-state index contributed by atoms with van der Waals surface area (Å²) in [5.41, 5.74) is 9.98. The van der Waals surface area contributed by atoms with Crippen LogP contribution in [-0.4, -0.2) is 44.5 Å². The molecule has 1 saturated heterocycles. The van der Waals surface area contributed by atoms with E-state index in [0.717, 1.165) is 45.4 Å². The van der Waals surface area contributed by atoms with Crippen LogP contribution in [0.1, 0.15) is 23.4 Å². The van der Waals surface area contributed by atoms with Crippen molar-refractivity contribution in [2.45, 2.75) is 18.9 Å². The van der Waals surface area contributed by atoms with E-state index in [-0.39, 0.29) is 11.9 Å². The highest BCUT2D eigenvalue weighted by atomic mass is 79.9. The summed E-state index contributed by atoms with van der Waals surface area (Å²) in [5, 5.41) is 9.05. The molecule has 1 aliphatic rings. The van der Waals surface area contributed by atoms with Crippen LogP contribution in [0.4, 0.5) is 11.5 Å². The lowest BCUT2D eigenvalue weighted by Gasteiger charge is -2.32. The first kappa shape index (κ1) is 21.7. The Morgan fingerprint density at radius 1 is 1.09 bits per heavy atom. The number of halogens is 1. The van der Waals surface area contributed by atoms with Gasteiger partial charge >= 0.3 is 0 Å². The second-order valence-corrected chi connectivity index (χ2v) is 9.56. The standard InChI is InChI=1S/C26H23BrN6O2/c27-19-15-29-33-24(14-21(31-25(19)33)18-6-2-3-7-20(18)28)30-17-9-11-32(12-10-17)26(34)23-13-16-5-1-4-8-22(16)35-23/h1-8,13-15,17,30H,9-12,28H2. The number of carbonyl (C=O) groups is 1. The number of fused-ring (bicyclic) bond motifs is 2. The third-order valence-electron chi connectivity index (χ3n) is 6.44. The molecule has 1 fully saturated rings. The second-order valence-electron chi connectivity index (χ2n) is 8.70. The van der Waals surface area contributed by atoms with Crippen molar-refractivity contribution in [2.24, 2.45) is 0 Å². The average molecular weight is 531 g/mol. The van der Waals surface area contributed by atoms with Gasteiger partial charge in [0, 0.05) is 41.8 Å². The molecule has 4 heterocycles. The average Bonchev–Trinajstić information content (AvgIpc) is 3.48. The van der Waals surface area contributed by atoms with Crippen LogP contribution in [0.5, 0.6) is 0 Å². The summed E-state index contributed by atoms with van der Waals surface area (Å²) in [5.74, 6) is 1.16. The van der Waals surface area contributed by atoms with Crippen molar-refractivity contribution in [1.82, 2.24) is 19.5 Å². The van der Waals surface area contributed by atoms with Gasteiger partial charge in [0.2, 0.25) is 0 Å². The quantitative estimate of drug-likeness (QED) is 0.309. The molecule has 1 amide bonds. The van der Waals surface area contributed by atoms with Gasteiger partial charge in [-0.3, -0.25) is 4.79 Å². The SMILES string of the molecule is Nc1ccccc1-c1cc(NC2CCN(C(=O)c3cc4ccccc4o3)CC2)n2ncc(Br)c2n1. The molecule has 0 unspecified atom stereocenters. The van der Waals surface area contributed by atoms with Crippen LogP contribution >= 0.6 is 15.9 Å². The number of amides is 1. The lowest BCUT2D eigenvalue weighted by atomic mass is 10.0. The van der Waals surface area contributed by atoms with Gasteiger partial charge in [0.05, 0.1) is 16.4 Å². The number of carbonyl (C=O) groups excluding carboxylic acids is 1. The number of para-hydroxylation sites is 2. The number of nitrogens with zero attached hydrogens (tertiary/aromatic N) is 4. The van der Waals surface area contributed by atoms with E-state index in [1.54, 1.807) is 10.7 Å². The highest BCUT2D eigenvalue weighted by Crippen LogP contribution is 2.30. The molecule has 0 radical (unpaired) electrons. The van der Waals surface area contributed by atoms with E-state index in [9.17, 15) is 4.79 Å². The van der Waals surface area contributed by atoms with Gasteiger partial charge in [-0.05, 0) is 47.0 Å². The molecule has 176 valence electrons. The summed E-state index contributed by atoms with van der Waals surface area (Å²) in [7, 11) is 0. The number of hydrogen-bond donors (Lipinski definition) is 2. The zero-order chi connectivity index (χ0) is 23.9. The van der Waals surface area contributed by atoms with E-state index in [1.165, 1.54) is 0 Å². The fourth-order valence-electron chi connectivity index (χ4n) is 4.59. The van der Waals surface area contributed by atoms with Crippen LogP contribution < -0.4 is 11.1 Å². The van der Waals surface area contributed by atoms with E-state index >= 15 is 0 Å². The zero-order valence-electron chi connectivity index (χ0n) is 18.8. The number of nitrogens with one attached hydrogen (secondary N) is 1. The first-order valence-corrected chi connectivity index (χ1v) is 12.3. The van der Waals surface area contributed by atoms with Gasteiger partial charge in [0.1, 0.15) is 11.4 Å². The van der Waals surface area contributed by atoms with Gasteiger partial charge in [-0.1, -0.05) is 36.4 Å². The molecule has 0 bridgehead atoms. The number of hydrogen-bond acceptors (Lipinski definition) is 6. The number of nitrogens with two attached hydrogens (primary N) is 1. The largest absolute Gasteiger partial charge is 0.451 e. The second kappa shape index (κ2) is 8.74. The molecule has 2 aromatic carbocycles. The molecule has 0 spiro atoms. The van der Waals surface area contributed by atoms with Crippen LogP contribution in [0.3, 0.4) is 0 Å². The van der Waals surface area contributed by atoms with Crippen molar-refractivity contribution in [2.75, 3.05) is 24.1 Å². The number of nitrogen functional groups attached to an aromatic ring is 1. The lowest BCUT2D eigenvalue weighted by molar-refractivity contribution is 0.0688. The molecule has 0 aliphatic carbocycles. The lowest BCUT2D eigenvalue weighted by Crippen LogP contribution is -2.42. The van der Waals surface area contributed by atoms with Gasteiger partial charge in [-0.25, -0.2) is 4.98 Å². The first-order chi connectivity index (χ1) is 17.1. The number of likely N-dealkylation sites (tertiary alicyclic amines) is 1. The number of aromatic nitrogens is 3. The van der Waals surface area contributed by atoms with Gasteiger partial charge < -0.3 is 20.4 Å². The normalized spacial score (nSPS) is 14.6. The minimum absolute atomic E-state index is 0.0659. The Morgan fingerprint density at radius 3 is 2.66 bits per heavy atom. The molecule has 1 aliphatic heterocycles. The molecule has 0 atom stereocenters. The van der Waals surface area contributed by atoms with E-state index in [4.69, 9.17) is 15.1 Å². The van der Waals surface area contributed by atoms with E-state index in [0.29, 0.717) is 30.2 Å². The predicted molar refractivity (Wildman–Crippen MR) is 139 cm³/mol. The number of furan rings is 1. The van der Waals surface area contributed by atoms with Crippen molar-refractivity contribution < 1.29 is 9.21 Å². The maximum Gasteiger partial charge on any atom is 0.289 e. The molecule has 0 saturated carbocycles. The third-order valence-corrected chi connectivity index (χ3v) is 7.00. The summed E-state index contributed by atoms with van der Waals surface area (Å²) >= 11 is 3.55. The Bertz CT molecular complexity index is 1520. The van der Waals surface area contributed by atoms with E-state index in [1.807, 2.05) is 65.6 Å². The fraction of sp³-hybridized carbons (Fsp3) is 0.192. The van der Waals surface area contributed by atoms with Gasteiger partial charge in [0.15, 0.2) is 11.4 Å². The first-order valence-electron chi connectivity index (χ1n) is 11.5. The molecule has 35 heavy (non-hydrogen) atoms. The molecule has 5 aromatic rings. The number of benzene rings is 2. The van der Waals surface area contributed by atoms with Gasteiger partial charge in [0.25, 0.3) is 5.91 Å². The minimum atomic E-state index is -0.0659. The van der Waals surface area contributed by atoms with Crippen LogP contribution in [0.25, 0.3) is 27.9 Å². The van der Waals surface area contributed by atoms with Crippen LogP contribution in [-0.2, 0) is 0 Å². The van der Waals surface area contributed by atoms with Crippen molar-refractivity contribution in [3.05, 3.63) is 77.1 Å². The molecular weight excluding hydrogens is 508 g/mol. The van der Waals surface area contributed by atoms with Crippen molar-refractivity contribution in [3.8, 4) is 11.3 Å². The highest BCUT2D eigenvalue weighted by Gasteiger charge is 2.26. The van der Waals surface area contributed by atoms with Crippen LogP contribution in [0, 0.1) is 0 Å². The zero-order valence-corrected chi connectivity index (χ0v) is 20.4. The predicted octanol–water partition coefficient (Wildman–Crippen LogP) is 5.20. The maximum absolute atomic E-state index is 13.0. The van der Waals surface area contributed by atoms with Gasteiger partial charge in [-0.2, -0.15) is 9.61 Å². The molecule has 6 rings (SSSR count). The molecule has 3 N–H and O–H groups in total. The maximum atomic E-state index is 13.0. The number of piperidine rings is 1. The van der Waals surface area contributed by atoms with E-state index in [2.05, 4.69) is 26.3 Å². The molecular formula is C26H23BrN6O2. The summed E-state index contributed by atoms with van der Waals surface area (Å²) in [6.07, 6.45) is 3.35. The topological polar surface area (TPSA) is 102 Å². The number of rotatable bonds is 4. The number of anilines is 2.